The Labute approximate surface area is 229 Å². The Morgan fingerprint density at radius 1 is 1.16 bits per heavy atom. The van der Waals surface area contributed by atoms with E-state index in [0.717, 1.165) is 25.1 Å². The SMILES string of the molecule is Cc1nc(N2CCC3(CC2)Cn2nccc2[C@H]3N)c(Cl)c(=O)n1-c1cccc(Cl)c1Cl.O=C(O)C(F)(F)F. The van der Waals surface area contributed by atoms with Gasteiger partial charge >= 0.3 is 12.1 Å². The minimum absolute atomic E-state index is 0.0229. The number of hydrogen-bond donors (Lipinski definition) is 2. The lowest BCUT2D eigenvalue weighted by Crippen LogP contribution is -2.45. The molecule has 0 saturated carbocycles. The van der Waals surface area contributed by atoms with Crippen LogP contribution in [0.25, 0.3) is 5.69 Å². The molecule has 0 radical (unpaired) electrons. The van der Waals surface area contributed by atoms with Crippen LogP contribution in [0, 0.1) is 12.3 Å². The molecule has 2 aliphatic rings. The number of alkyl halides is 3. The van der Waals surface area contributed by atoms with Crippen LogP contribution in [-0.2, 0) is 11.3 Å². The van der Waals surface area contributed by atoms with E-state index in [2.05, 4.69) is 15.0 Å². The zero-order chi connectivity index (χ0) is 28.0. The second-order valence-electron chi connectivity index (χ2n) is 9.05. The number of aryl methyl sites for hydroxylation is 1. The first kappa shape index (κ1) is 28.2. The van der Waals surface area contributed by atoms with E-state index in [1.807, 2.05) is 10.7 Å². The van der Waals surface area contributed by atoms with Crippen molar-refractivity contribution in [2.24, 2.45) is 11.1 Å². The van der Waals surface area contributed by atoms with E-state index in [1.54, 1.807) is 31.3 Å². The highest BCUT2D eigenvalue weighted by molar-refractivity contribution is 6.43. The first-order chi connectivity index (χ1) is 17.8. The Hall–Kier alpha value is -2.80. The van der Waals surface area contributed by atoms with Gasteiger partial charge in [0.2, 0.25) is 0 Å². The molecule has 1 saturated heterocycles. The summed E-state index contributed by atoms with van der Waals surface area (Å²) in [6.07, 6.45) is -1.54. The van der Waals surface area contributed by atoms with Crippen LogP contribution in [0.1, 0.15) is 30.4 Å². The topological polar surface area (TPSA) is 119 Å². The van der Waals surface area contributed by atoms with Crippen LogP contribution in [0.4, 0.5) is 19.0 Å². The van der Waals surface area contributed by atoms with Gasteiger partial charge in [-0.15, -0.1) is 0 Å². The molecule has 2 aromatic heterocycles. The molecule has 1 fully saturated rings. The Morgan fingerprint density at radius 3 is 2.37 bits per heavy atom. The van der Waals surface area contributed by atoms with Gasteiger partial charge < -0.3 is 15.7 Å². The number of fused-ring (bicyclic) bond motifs is 1. The van der Waals surface area contributed by atoms with Crippen LogP contribution in [-0.4, -0.2) is 49.7 Å². The summed E-state index contributed by atoms with van der Waals surface area (Å²) in [6, 6.07) is 7.07. The van der Waals surface area contributed by atoms with E-state index < -0.39 is 12.1 Å². The normalized spacial score (nSPS) is 18.2. The van der Waals surface area contributed by atoms with E-state index in [4.69, 9.17) is 50.4 Å². The van der Waals surface area contributed by atoms with Crippen molar-refractivity contribution in [3.8, 4) is 5.69 Å². The molecule has 0 amide bonds. The van der Waals surface area contributed by atoms with Gasteiger partial charge in [0.1, 0.15) is 10.8 Å². The number of carbonyl (C=O) groups is 1. The van der Waals surface area contributed by atoms with Gasteiger partial charge in [0.25, 0.3) is 5.56 Å². The predicted molar refractivity (Wildman–Crippen MR) is 136 cm³/mol. The second kappa shape index (κ2) is 10.4. The van der Waals surface area contributed by atoms with Gasteiger partial charge in [-0.1, -0.05) is 40.9 Å². The molecule has 1 aromatic carbocycles. The molecule has 0 unspecified atom stereocenters. The summed E-state index contributed by atoms with van der Waals surface area (Å²) in [4.78, 5) is 28.8. The number of carboxylic acid groups (broad SMARTS) is 1. The molecule has 204 valence electrons. The van der Waals surface area contributed by atoms with Crippen molar-refractivity contribution in [1.29, 1.82) is 0 Å². The fourth-order valence-electron chi connectivity index (χ4n) is 4.83. The number of piperidine rings is 1. The third-order valence-corrected chi connectivity index (χ3v) is 7.98. The van der Waals surface area contributed by atoms with Gasteiger partial charge in [0, 0.05) is 31.2 Å². The summed E-state index contributed by atoms with van der Waals surface area (Å²) >= 11 is 19.0. The Balaban J connectivity index is 0.000000426. The van der Waals surface area contributed by atoms with E-state index >= 15 is 0 Å². The maximum absolute atomic E-state index is 13.2. The molecule has 3 N–H and O–H groups in total. The zero-order valence-corrected chi connectivity index (χ0v) is 22.1. The lowest BCUT2D eigenvalue weighted by molar-refractivity contribution is -0.192. The largest absolute Gasteiger partial charge is 0.490 e. The maximum atomic E-state index is 13.2. The van der Waals surface area contributed by atoms with Crippen LogP contribution in [0.15, 0.2) is 35.3 Å². The van der Waals surface area contributed by atoms with E-state index in [-0.39, 0.29) is 27.1 Å². The summed E-state index contributed by atoms with van der Waals surface area (Å²) in [5.41, 5.74) is 7.73. The highest BCUT2D eigenvalue weighted by Crippen LogP contribution is 2.48. The van der Waals surface area contributed by atoms with Gasteiger partial charge in [0.05, 0.1) is 27.5 Å². The number of aliphatic carboxylic acids is 1. The minimum atomic E-state index is -5.08. The van der Waals surface area contributed by atoms with Crippen LogP contribution in [0.5, 0.6) is 0 Å². The number of aromatic nitrogens is 4. The maximum Gasteiger partial charge on any atom is 0.490 e. The minimum Gasteiger partial charge on any atom is -0.475 e. The number of rotatable bonds is 2. The van der Waals surface area contributed by atoms with Crippen LogP contribution in [0.2, 0.25) is 15.1 Å². The Bertz CT molecular complexity index is 1430. The first-order valence-corrected chi connectivity index (χ1v) is 12.5. The third kappa shape index (κ3) is 5.09. The number of hydrogen-bond acceptors (Lipinski definition) is 6. The first-order valence-electron chi connectivity index (χ1n) is 11.3. The van der Waals surface area contributed by atoms with Crippen molar-refractivity contribution in [3.63, 3.8) is 0 Å². The van der Waals surface area contributed by atoms with Crippen LogP contribution < -0.4 is 16.2 Å². The molecule has 1 spiro atoms. The number of nitrogens with zero attached hydrogens (tertiary/aromatic N) is 5. The fraction of sp³-hybridized carbons (Fsp3) is 0.391. The molecule has 0 aliphatic carbocycles. The van der Waals surface area contributed by atoms with Crippen molar-refractivity contribution < 1.29 is 23.1 Å². The Morgan fingerprint density at radius 2 is 1.79 bits per heavy atom. The number of nitrogens with two attached hydrogens (primary N) is 1. The van der Waals surface area contributed by atoms with Gasteiger partial charge in [-0.25, -0.2) is 9.78 Å². The second-order valence-corrected chi connectivity index (χ2v) is 10.2. The number of anilines is 1. The summed E-state index contributed by atoms with van der Waals surface area (Å²) in [5, 5.41) is 12.2. The third-order valence-electron chi connectivity index (χ3n) is 6.84. The van der Waals surface area contributed by atoms with Gasteiger partial charge in [-0.3, -0.25) is 14.0 Å². The molecule has 3 aromatic rings. The number of halogens is 6. The van der Waals surface area contributed by atoms with Gasteiger partial charge in [0.15, 0.2) is 5.82 Å². The summed E-state index contributed by atoms with van der Waals surface area (Å²) < 4.78 is 35.1. The molecule has 9 nitrogen and oxygen atoms in total. The average Bonchev–Trinajstić information content (AvgIpc) is 3.40. The molecule has 2 aliphatic heterocycles. The van der Waals surface area contributed by atoms with Gasteiger partial charge in [-0.2, -0.15) is 18.3 Å². The highest BCUT2D eigenvalue weighted by atomic mass is 35.5. The van der Waals surface area contributed by atoms with E-state index in [0.29, 0.717) is 35.4 Å². The lowest BCUT2D eigenvalue weighted by atomic mass is 9.73. The fourth-order valence-corrected chi connectivity index (χ4v) is 5.46. The Kier molecular flexibility index (Phi) is 7.72. The molecule has 5 rings (SSSR count). The number of carboxylic acids is 1. The van der Waals surface area contributed by atoms with Crippen molar-refractivity contribution >= 4 is 46.6 Å². The standard InChI is InChI=1S/C21H21Cl3N6O.C2HF3O2/c1-12-27-19(17(24)20(31)30(12)14-4-2-3-13(22)16(14)23)28-9-6-21(7-10-28)11-29-15(18(21)25)5-8-26-29;3-2(4,5)1(6)7/h2-5,8,18H,6-7,9-11,25H2,1H3;(H,6,7)/t18-;/m1./s1. The van der Waals surface area contributed by atoms with Crippen LogP contribution in [0.3, 0.4) is 0 Å². The molecule has 15 heteroatoms. The summed E-state index contributed by atoms with van der Waals surface area (Å²) in [7, 11) is 0. The smallest absolute Gasteiger partial charge is 0.475 e. The summed E-state index contributed by atoms with van der Waals surface area (Å²) in [6.45, 7) is 4.01. The van der Waals surface area contributed by atoms with Crippen LogP contribution >= 0.6 is 34.8 Å². The lowest BCUT2D eigenvalue weighted by Gasteiger charge is -2.42. The molecule has 38 heavy (non-hydrogen) atoms. The van der Waals surface area contributed by atoms with Crippen molar-refractivity contribution in [2.45, 2.75) is 38.5 Å². The monoisotopic (exact) mass is 592 g/mol. The molecular formula is C23H22Cl3F3N6O3. The number of benzene rings is 1. The van der Waals surface area contributed by atoms with Crippen molar-refractivity contribution in [1.82, 2.24) is 19.3 Å². The average molecular weight is 594 g/mol. The molecule has 4 heterocycles. The molecule has 1 atom stereocenters. The van der Waals surface area contributed by atoms with Gasteiger partial charge in [-0.05, 0) is 38.0 Å². The molecular weight excluding hydrogens is 572 g/mol. The summed E-state index contributed by atoms with van der Waals surface area (Å²) in [5.74, 6) is -1.77. The highest BCUT2D eigenvalue weighted by Gasteiger charge is 2.47. The van der Waals surface area contributed by atoms with E-state index in [1.165, 1.54) is 4.57 Å². The molecule has 0 bridgehead atoms. The predicted octanol–water partition coefficient (Wildman–Crippen LogP) is 4.63. The van der Waals surface area contributed by atoms with Crippen molar-refractivity contribution in [2.75, 3.05) is 18.0 Å². The zero-order valence-electron chi connectivity index (χ0n) is 19.8. The van der Waals surface area contributed by atoms with E-state index in [9.17, 15) is 18.0 Å². The van der Waals surface area contributed by atoms with Crippen molar-refractivity contribution in [3.05, 3.63) is 67.4 Å². The quantitative estimate of drug-likeness (QED) is 0.445.